The SMILES string of the molecule is C=C(C)CC(C)(C)CCN. The largest absolute Gasteiger partial charge is 0.330 e. The van der Waals surface area contributed by atoms with Crippen molar-refractivity contribution in [1.82, 2.24) is 0 Å². The highest BCUT2D eigenvalue weighted by Crippen LogP contribution is 2.27. The quantitative estimate of drug-likeness (QED) is 0.597. The van der Waals surface area contributed by atoms with Crippen LogP contribution in [0, 0.1) is 5.41 Å². The third-order valence-corrected chi connectivity index (χ3v) is 1.60. The van der Waals surface area contributed by atoms with Crippen molar-refractivity contribution >= 4 is 0 Å². The molecule has 0 amide bonds. The van der Waals surface area contributed by atoms with Crippen molar-refractivity contribution in [2.45, 2.75) is 33.6 Å². The van der Waals surface area contributed by atoms with Crippen molar-refractivity contribution in [2.24, 2.45) is 11.1 Å². The van der Waals surface area contributed by atoms with Gasteiger partial charge in [0.15, 0.2) is 0 Å². The lowest BCUT2D eigenvalue weighted by molar-refractivity contribution is 0.338. The second kappa shape index (κ2) is 3.77. The van der Waals surface area contributed by atoms with Gasteiger partial charge in [0.1, 0.15) is 0 Å². The first kappa shape index (κ1) is 9.70. The Balaban J connectivity index is 3.74. The van der Waals surface area contributed by atoms with Gasteiger partial charge in [-0.15, -0.1) is 6.58 Å². The van der Waals surface area contributed by atoms with Crippen molar-refractivity contribution < 1.29 is 0 Å². The number of nitrogens with two attached hydrogens (primary N) is 1. The van der Waals surface area contributed by atoms with Gasteiger partial charge >= 0.3 is 0 Å². The average molecular weight is 141 g/mol. The van der Waals surface area contributed by atoms with Crippen molar-refractivity contribution in [3.8, 4) is 0 Å². The molecule has 10 heavy (non-hydrogen) atoms. The van der Waals surface area contributed by atoms with Crippen LogP contribution in [0.25, 0.3) is 0 Å². The topological polar surface area (TPSA) is 26.0 Å². The summed E-state index contributed by atoms with van der Waals surface area (Å²) in [6.07, 6.45) is 2.17. The zero-order chi connectivity index (χ0) is 8.20. The minimum atomic E-state index is 0.348. The molecule has 0 spiro atoms. The summed E-state index contributed by atoms with van der Waals surface area (Å²) >= 11 is 0. The van der Waals surface area contributed by atoms with E-state index in [-0.39, 0.29) is 0 Å². The van der Waals surface area contributed by atoms with Crippen molar-refractivity contribution in [3.63, 3.8) is 0 Å². The van der Waals surface area contributed by atoms with Gasteiger partial charge in [0.2, 0.25) is 0 Å². The summed E-state index contributed by atoms with van der Waals surface area (Å²) in [5, 5.41) is 0. The van der Waals surface area contributed by atoms with Crippen molar-refractivity contribution in [1.29, 1.82) is 0 Å². The van der Waals surface area contributed by atoms with E-state index in [0.717, 1.165) is 19.4 Å². The first-order valence-electron chi connectivity index (χ1n) is 3.82. The Morgan fingerprint density at radius 3 is 2.30 bits per heavy atom. The van der Waals surface area contributed by atoms with Crippen LogP contribution in [0.3, 0.4) is 0 Å². The molecule has 0 bridgehead atoms. The average Bonchev–Trinajstić information content (AvgIpc) is 1.59. The van der Waals surface area contributed by atoms with E-state index in [0.29, 0.717) is 5.41 Å². The van der Waals surface area contributed by atoms with Gasteiger partial charge in [-0.3, -0.25) is 0 Å². The highest BCUT2D eigenvalue weighted by molar-refractivity contribution is 4.93. The minimum Gasteiger partial charge on any atom is -0.330 e. The molecule has 0 aliphatic heterocycles. The molecule has 0 aliphatic carbocycles. The van der Waals surface area contributed by atoms with Crippen LogP contribution >= 0.6 is 0 Å². The van der Waals surface area contributed by atoms with Gasteiger partial charge in [-0.25, -0.2) is 0 Å². The zero-order valence-electron chi connectivity index (χ0n) is 7.41. The lowest BCUT2D eigenvalue weighted by Crippen LogP contribution is -2.17. The summed E-state index contributed by atoms with van der Waals surface area (Å²) in [5.74, 6) is 0. The number of hydrogen-bond acceptors (Lipinski definition) is 1. The van der Waals surface area contributed by atoms with E-state index in [1.807, 2.05) is 0 Å². The van der Waals surface area contributed by atoms with Crippen LogP contribution in [0.1, 0.15) is 33.6 Å². The van der Waals surface area contributed by atoms with E-state index in [9.17, 15) is 0 Å². The van der Waals surface area contributed by atoms with Crippen LogP contribution < -0.4 is 5.73 Å². The zero-order valence-corrected chi connectivity index (χ0v) is 7.41. The summed E-state index contributed by atoms with van der Waals surface area (Å²) in [4.78, 5) is 0. The van der Waals surface area contributed by atoms with Crippen LogP contribution in [0.15, 0.2) is 12.2 Å². The van der Waals surface area contributed by atoms with Gasteiger partial charge in [-0.05, 0) is 31.7 Å². The molecule has 1 heteroatoms. The number of rotatable bonds is 4. The molecule has 1 nitrogen and oxygen atoms in total. The Kier molecular flexibility index (Phi) is 3.66. The summed E-state index contributed by atoms with van der Waals surface area (Å²) in [6, 6.07) is 0. The third-order valence-electron chi connectivity index (χ3n) is 1.60. The Labute approximate surface area is 64.3 Å². The monoisotopic (exact) mass is 141 g/mol. The fourth-order valence-electron chi connectivity index (χ4n) is 1.30. The van der Waals surface area contributed by atoms with Gasteiger partial charge in [-0.2, -0.15) is 0 Å². The second-order valence-corrected chi connectivity index (χ2v) is 3.84. The second-order valence-electron chi connectivity index (χ2n) is 3.84. The maximum atomic E-state index is 5.46. The van der Waals surface area contributed by atoms with Gasteiger partial charge in [0.25, 0.3) is 0 Å². The highest BCUT2D eigenvalue weighted by Gasteiger charge is 2.15. The molecule has 0 aliphatic rings. The molecule has 2 N–H and O–H groups in total. The first-order chi connectivity index (χ1) is 4.48. The lowest BCUT2D eigenvalue weighted by atomic mass is 9.83. The number of allylic oxidation sites excluding steroid dienone is 1. The van der Waals surface area contributed by atoms with Crippen molar-refractivity contribution in [2.75, 3.05) is 6.54 Å². The molecular formula is C9H19N. The van der Waals surface area contributed by atoms with Gasteiger partial charge in [-0.1, -0.05) is 19.4 Å². The molecule has 0 aromatic carbocycles. The minimum absolute atomic E-state index is 0.348. The van der Waals surface area contributed by atoms with E-state index < -0.39 is 0 Å². The smallest absolute Gasteiger partial charge is 0.00721 e. The Morgan fingerprint density at radius 1 is 1.50 bits per heavy atom. The molecule has 0 aromatic heterocycles. The summed E-state index contributed by atoms with van der Waals surface area (Å²) in [6.45, 7) is 11.2. The summed E-state index contributed by atoms with van der Waals surface area (Å²) in [7, 11) is 0. The van der Waals surface area contributed by atoms with Gasteiger partial charge in [0.05, 0.1) is 0 Å². The lowest BCUT2D eigenvalue weighted by Gasteiger charge is -2.23. The maximum Gasteiger partial charge on any atom is -0.00721 e. The van der Waals surface area contributed by atoms with Crippen LogP contribution in [0.2, 0.25) is 0 Å². The fourth-order valence-corrected chi connectivity index (χ4v) is 1.30. The predicted molar refractivity (Wildman–Crippen MR) is 46.9 cm³/mol. The molecule has 0 saturated carbocycles. The van der Waals surface area contributed by atoms with Crippen LogP contribution in [0.5, 0.6) is 0 Å². The van der Waals surface area contributed by atoms with Crippen LogP contribution in [0.4, 0.5) is 0 Å². The maximum absolute atomic E-state index is 5.46. The van der Waals surface area contributed by atoms with E-state index in [2.05, 4.69) is 27.4 Å². The van der Waals surface area contributed by atoms with Crippen LogP contribution in [-0.4, -0.2) is 6.54 Å². The molecule has 0 atom stereocenters. The molecular weight excluding hydrogens is 122 g/mol. The molecule has 0 unspecified atom stereocenters. The first-order valence-corrected chi connectivity index (χ1v) is 3.82. The van der Waals surface area contributed by atoms with Crippen LogP contribution in [-0.2, 0) is 0 Å². The van der Waals surface area contributed by atoms with E-state index >= 15 is 0 Å². The molecule has 60 valence electrons. The normalized spacial score (nSPS) is 11.6. The predicted octanol–water partition coefficient (Wildman–Crippen LogP) is 2.33. The van der Waals surface area contributed by atoms with E-state index in [1.165, 1.54) is 5.57 Å². The van der Waals surface area contributed by atoms with Gasteiger partial charge < -0.3 is 5.73 Å². The number of hydrogen-bond donors (Lipinski definition) is 1. The van der Waals surface area contributed by atoms with Crippen molar-refractivity contribution in [3.05, 3.63) is 12.2 Å². The molecule has 0 heterocycles. The Morgan fingerprint density at radius 2 is 2.00 bits per heavy atom. The molecule has 0 radical (unpaired) electrons. The molecule has 0 aromatic rings. The van der Waals surface area contributed by atoms with E-state index in [1.54, 1.807) is 0 Å². The standard InChI is InChI=1S/C9H19N/c1-8(2)7-9(3,4)5-6-10/h1,5-7,10H2,2-4H3. The molecule has 0 rings (SSSR count). The molecule has 0 fully saturated rings. The summed E-state index contributed by atoms with van der Waals surface area (Å²) < 4.78 is 0. The van der Waals surface area contributed by atoms with Gasteiger partial charge in [0, 0.05) is 0 Å². The highest BCUT2D eigenvalue weighted by atomic mass is 14.5. The van der Waals surface area contributed by atoms with E-state index in [4.69, 9.17) is 5.73 Å². The fraction of sp³-hybridized carbons (Fsp3) is 0.778. The Hall–Kier alpha value is -0.300. The molecule has 0 saturated heterocycles. The Bertz CT molecular complexity index is 114. The third kappa shape index (κ3) is 4.57. The summed E-state index contributed by atoms with van der Waals surface area (Å²) in [5.41, 5.74) is 7.06.